The minimum absolute atomic E-state index is 0.0244. The summed E-state index contributed by atoms with van der Waals surface area (Å²) >= 11 is 0. The summed E-state index contributed by atoms with van der Waals surface area (Å²) in [5.41, 5.74) is 4.00. The molecule has 0 aromatic carbocycles. The van der Waals surface area contributed by atoms with Crippen LogP contribution in [-0.2, 0) is 4.79 Å². The molecule has 0 unspecified atom stereocenters. The van der Waals surface area contributed by atoms with Gasteiger partial charge in [-0.15, -0.1) is 0 Å². The molecule has 4 nitrogen and oxygen atoms in total. The molecule has 0 aliphatic rings. The third-order valence-corrected chi connectivity index (χ3v) is 1.35. The van der Waals surface area contributed by atoms with Crippen LogP contribution in [0.3, 0.4) is 0 Å². The fraction of sp³-hybridized carbons (Fsp3) is 0.750. The van der Waals surface area contributed by atoms with Crippen LogP contribution in [0.5, 0.6) is 0 Å². The molecule has 12 heavy (non-hydrogen) atoms. The number of nitrogens with two attached hydrogens (primary N) is 1. The summed E-state index contributed by atoms with van der Waals surface area (Å²) in [5.74, 6) is -0.327. The van der Waals surface area contributed by atoms with E-state index in [1.807, 2.05) is 13.8 Å². The summed E-state index contributed by atoms with van der Waals surface area (Å²) in [7, 11) is 0. The van der Waals surface area contributed by atoms with Crippen molar-refractivity contribution in [3.05, 3.63) is 0 Å². The summed E-state index contributed by atoms with van der Waals surface area (Å²) in [6, 6.07) is 0. The summed E-state index contributed by atoms with van der Waals surface area (Å²) in [6.07, 6.45) is 0. The van der Waals surface area contributed by atoms with Crippen LogP contribution in [0.2, 0.25) is 0 Å². The Morgan fingerprint density at radius 2 is 1.92 bits per heavy atom. The first-order valence-electron chi connectivity index (χ1n) is 3.86. The van der Waals surface area contributed by atoms with Crippen LogP contribution in [-0.4, -0.2) is 22.5 Å². The molecule has 0 aromatic heterocycles. The number of amides is 1. The predicted molar refractivity (Wildman–Crippen MR) is 47.8 cm³/mol. The van der Waals surface area contributed by atoms with E-state index in [-0.39, 0.29) is 11.8 Å². The molecule has 0 rings (SSSR count). The van der Waals surface area contributed by atoms with Gasteiger partial charge in [-0.25, -0.2) is 0 Å². The SMILES string of the molecule is CC(C)/C(N)=N/C(=O)C(C)(C)O. The molecule has 0 aliphatic carbocycles. The number of carbonyl (C=O) groups excluding carboxylic acids is 1. The van der Waals surface area contributed by atoms with E-state index < -0.39 is 11.5 Å². The number of hydrogen-bond acceptors (Lipinski definition) is 2. The lowest BCUT2D eigenvalue weighted by molar-refractivity contribution is -0.132. The van der Waals surface area contributed by atoms with Crippen LogP contribution in [0.4, 0.5) is 0 Å². The van der Waals surface area contributed by atoms with Gasteiger partial charge in [-0.05, 0) is 13.8 Å². The Morgan fingerprint density at radius 1 is 1.50 bits per heavy atom. The number of aliphatic imine (C=N–C) groups is 1. The molecule has 0 spiro atoms. The van der Waals surface area contributed by atoms with Crippen molar-refractivity contribution in [1.29, 1.82) is 0 Å². The van der Waals surface area contributed by atoms with Crippen molar-refractivity contribution in [2.24, 2.45) is 16.6 Å². The fourth-order valence-electron chi connectivity index (χ4n) is 0.383. The zero-order valence-corrected chi connectivity index (χ0v) is 7.96. The minimum Gasteiger partial charge on any atom is -0.387 e. The monoisotopic (exact) mass is 172 g/mol. The van der Waals surface area contributed by atoms with Crippen molar-refractivity contribution >= 4 is 11.7 Å². The highest BCUT2D eigenvalue weighted by atomic mass is 16.3. The maximum Gasteiger partial charge on any atom is 0.278 e. The molecule has 0 bridgehead atoms. The van der Waals surface area contributed by atoms with Gasteiger partial charge in [0.05, 0.1) is 0 Å². The van der Waals surface area contributed by atoms with Crippen LogP contribution in [0.15, 0.2) is 4.99 Å². The first-order chi connectivity index (χ1) is 5.25. The van der Waals surface area contributed by atoms with E-state index >= 15 is 0 Å². The lowest BCUT2D eigenvalue weighted by Crippen LogP contribution is -2.32. The zero-order valence-electron chi connectivity index (χ0n) is 7.96. The number of aliphatic hydroxyl groups is 1. The quantitative estimate of drug-likeness (QED) is 0.464. The van der Waals surface area contributed by atoms with E-state index in [9.17, 15) is 9.90 Å². The smallest absolute Gasteiger partial charge is 0.278 e. The number of carbonyl (C=O) groups is 1. The van der Waals surface area contributed by atoms with Gasteiger partial charge < -0.3 is 10.8 Å². The first kappa shape index (κ1) is 11.1. The summed E-state index contributed by atoms with van der Waals surface area (Å²) in [6.45, 7) is 6.42. The van der Waals surface area contributed by atoms with Crippen LogP contribution >= 0.6 is 0 Å². The Kier molecular flexibility index (Phi) is 3.39. The average Bonchev–Trinajstić information content (AvgIpc) is 1.85. The van der Waals surface area contributed by atoms with Gasteiger partial charge in [0.25, 0.3) is 5.91 Å². The first-order valence-corrected chi connectivity index (χ1v) is 3.86. The maximum atomic E-state index is 11.1. The van der Waals surface area contributed by atoms with Gasteiger partial charge in [0.2, 0.25) is 0 Å². The van der Waals surface area contributed by atoms with Gasteiger partial charge in [-0.2, -0.15) is 4.99 Å². The summed E-state index contributed by atoms with van der Waals surface area (Å²) in [4.78, 5) is 14.6. The van der Waals surface area contributed by atoms with Crippen LogP contribution in [0, 0.1) is 5.92 Å². The van der Waals surface area contributed by atoms with Gasteiger partial charge in [-0.3, -0.25) is 4.79 Å². The van der Waals surface area contributed by atoms with Crippen LogP contribution < -0.4 is 5.73 Å². The molecule has 4 heteroatoms. The maximum absolute atomic E-state index is 11.1. The summed E-state index contributed by atoms with van der Waals surface area (Å²) in [5, 5.41) is 9.20. The molecule has 0 aliphatic heterocycles. The Morgan fingerprint density at radius 3 is 2.17 bits per heavy atom. The lowest BCUT2D eigenvalue weighted by Gasteiger charge is -2.12. The topological polar surface area (TPSA) is 75.7 Å². The van der Waals surface area contributed by atoms with E-state index in [0.717, 1.165) is 0 Å². The highest BCUT2D eigenvalue weighted by Gasteiger charge is 2.23. The second-order valence-corrected chi connectivity index (χ2v) is 3.56. The Labute approximate surface area is 72.5 Å². The van der Waals surface area contributed by atoms with Crippen molar-refractivity contribution < 1.29 is 9.90 Å². The molecule has 0 saturated heterocycles. The fourth-order valence-corrected chi connectivity index (χ4v) is 0.383. The number of rotatable bonds is 2. The molecular formula is C8H16N2O2. The molecule has 3 N–H and O–H groups in total. The molecule has 70 valence electrons. The zero-order chi connectivity index (χ0) is 9.94. The van der Waals surface area contributed by atoms with Crippen LogP contribution in [0.25, 0.3) is 0 Å². The largest absolute Gasteiger partial charge is 0.387 e. The average molecular weight is 172 g/mol. The van der Waals surface area contributed by atoms with Gasteiger partial charge in [0.1, 0.15) is 11.4 Å². The lowest BCUT2D eigenvalue weighted by atomic mass is 10.1. The second kappa shape index (κ2) is 3.67. The van der Waals surface area contributed by atoms with Gasteiger partial charge in [-0.1, -0.05) is 13.8 Å². The van der Waals surface area contributed by atoms with Crippen molar-refractivity contribution in [1.82, 2.24) is 0 Å². The summed E-state index contributed by atoms with van der Waals surface area (Å²) < 4.78 is 0. The molecule has 0 radical (unpaired) electrons. The molecule has 0 atom stereocenters. The Hall–Kier alpha value is -0.900. The van der Waals surface area contributed by atoms with E-state index in [2.05, 4.69) is 4.99 Å². The normalized spacial score (nSPS) is 13.7. The molecule has 0 fully saturated rings. The van der Waals surface area contributed by atoms with E-state index in [0.29, 0.717) is 0 Å². The van der Waals surface area contributed by atoms with Gasteiger partial charge >= 0.3 is 0 Å². The van der Waals surface area contributed by atoms with Crippen molar-refractivity contribution in [3.8, 4) is 0 Å². The number of hydrogen-bond donors (Lipinski definition) is 2. The molecule has 0 saturated carbocycles. The van der Waals surface area contributed by atoms with Gasteiger partial charge in [0.15, 0.2) is 0 Å². The molecule has 1 amide bonds. The van der Waals surface area contributed by atoms with Crippen LogP contribution in [0.1, 0.15) is 27.7 Å². The minimum atomic E-state index is -1.43. The standard InChI is InChI=1S/C8H16N2O2/c1-5(2)6(9)10-7(11)8(3,4)12/h5,12H,1-4H3,(H2,9,10,11). The predicted octanol–water partition coefficient (Wildman–Crippen LogP) is 0.297. The highest BCUT2D eigenvalue weighted by Crippen LogP contribution is 2.04. The van der Waals surface area contributed by atoms with E-state index in [1.165, 1.54) is 13.8 Å². The number of amidine groups is 1. The third kappa shape index (κ3) is 3.48. The van der Waals surface area contributed by atoms with Crippen molar-refractivity contribution in [2.45, 2.75) is 33.3 Å². The Bertz CT molecular complexity index is 202. The van der Waals surface area contributed by atoms with E-state index in [4.69, 9.17) is 5.73 Å². The van der Waals surface area contributed by atoms with Crippen molar-refractivity contribution in [3.63, 3.8) is 0 Å². The third-order valence-electron chi connectivity index (χ3n) is 1.35. The van der Waals surface area contributed by atoms with E-state index in [1.54, 1.807) is 0 Å². The Balaban J connectivity index is 4.46. The molecule has 0 aromatic rings. The number of nitrogens with zero attached hydrogens (tertiary/aromatic N) is 1. The molecular weight excluding hydrogens is 156 g/mol. The highest BCUT2D eigenvalue weighted by molar-refractivity contribution is 5.97. The van der Waals surface area contributed by atoms with Crippen molar-refractivity contribution in [2.75, 3.05) is 0 Å². The van der Waals surface area contributed by atoms with Gasteiger partial charge in [0, 0.05) is 5.92 Å². The second-order valence-electron chi connectivity index (χ2n) is 3.56. The molecule has 0 heterocycles.